The Kier molecular flexibility index (Phi) is 13.0. The van der Waals surface area contributed by atoms with Crippen LogP contribution in [0.25, 0.3) is 0 Å². The standard InChI is InChI=1S/C12H25O2.Li/c1-3-5-7-9-11-14-12-13-10-8-6-4-2;/h4H,3,5-12H2,1-2H3;. The van der Waals surface area contributed by atoms with Crippen LogP contribution in [0.5, 0.6) is 0 Å². The Morgan fingerprint density at radius 2 is 1.67 bits per heavy atom. The molecule has 1 atom stereocenters. The first kappa shape index (κ1) is 15.5. The van der Waals surface area contributed by atoms with E-state index in [0.717, 1.165) is 24.2 Å². The van der Waals surface area contributed by atoms with E-state index < -0.39 is 0 Å². The van der Waals surface area contributed by atoms with E-state index in [9.17, 15) is 0 Å². The van der Waals surface area contributed by atoms with Crippen molar-refractivity contribution in [1.82, 2.24) is 0 Å². The summed E-state index contributed by atoms with van der Waals surface area (Å²) in [7, 11) is 0. The zero-order chi connectivity index (χ0) is 11.4. The van der Waals surface area contributed by atoms with Crippen molar-refractivity contribution < 1.29 is 9.47 Å². The Labute approximate surface area is 104 Å². The summed E-state index contributed by atoms with van der Waals surface area (Å²) in [6.07, 6.45) is 7.45. The molecule has 2 nitrogen and oxygen atoms in total. The third kappa shape index (κ3) is 14.5. The summed E-state index contributed by atoms with van der Waals surface area (Å²) in [6.45, 7) is 6.63. The van der Waals surface area contributed by atoms with Crippen molar-refractivity contribution in [3.8, 4) is 0 Å². The first-order valence-corrected chi connectivity index (χ1v) is 6.42. The van der Waals surface area contributed by atoms with Gasteiger partial charge in [-0.1, -0.05) is 6.92 Å². The molecule has 0 aromatic rings. The van der Waals surface area contributed by atoms with Crippen LogP contribution in [0.2, 0.25) is 4.59 Å². The second kappa shape index (κ2) is 12.6. The van der Waals surface area contributed by atoms with Gasteiger partial charge in [0.25, 0.3) is 0 Å². The Hall–Kier alpha value is 0.517. The van der Waals surface area contributed by atoms with Gasteiger partial charge >= 0.3 is 97.2 Å². The minimum Gasteiger partial charge on any atom is -0.0654 e. The molecule has 0 fully saturated rings. The summed E-state index contributed by atoms with van der Waals surface area (Å²) in [5.74, 6) is 0. The van der Waals surface area contributed by atoms with Crippen molar-refractivity contribution in [2.45, 2.75) is 57.0 Å². The van der Waals surface area contributed by atoms with Crippen LogP contribution in [-0.2, 0) is 9.47 Å². The second-order valence-electron chi connectivity index (χ2n) is 4.53. The van der Waals surface area contributed by atoms with Crippen LogP contribution in [0.15, 0.2) is 0 Å². The average Bonchev–Trinajstić information content (AvgIpc) is 2.20. The van der Waals surface area contributed by atoms with Crippen molar-refractivity contribution in [1.29, 1.82) is 0 Å². The van der Waals surface area contributed by atoms with Gasteiger partial charge < -0.3 is 0 Å². The van der Waals surface area contributed by atoms with E-state index in [-0.39, 0.29) is 0 Å². The van der Waals surface area contributed by atoms with Crippen LogP contribution in [0.1, 0.15) is 52.4 Å². The van der Waals surface area contributed by atoms with Gasteiger partial charge in [-0.3, -0.25) is 0 Å². The van der Waals surface area contributed by atoms with Gasteiger partial charge in [-0.25, -0.2) is 0 Å². The fourth-order valence-corrected chi connectivity index (χ4v) is 1.40. The summed E-state index contributed by atoms with van der Waals surface area (Å²) < 4.78 is 11.5. The molecule has 0 saturated heterocycles. The zero-order valence-electron chi connectivity index (χ0n) is 10.8. The SMILES string of the molecule is [Li][CH](C)CCCOCOCCCCCC. The molecule has 0 saturated carbocycles. The van der Waals surface area contributed by atoms with E-state index >= 15 is 0 Å². The molecule has 0 bridgehead atoms. The van der Waals surface area contributed by atoms with E-state index in [2.05, 4.69) is 31.6 Å². The minimum absolute atomic E-state index is 0.476. The first-order valence-electron chi connectivity index (χ1n) is 6.42. The fraction of sp³-hybridized carbons (Fsp3) is 1.00. The van der Waals surface area contributed by atoms with E-state index in [0.29, 0.717) is 6.79 Å². The summed E-state index contributed by atoms with van der Waals surface area (Å²) in [5.41, 5.74) is 0. The summed E-state index contributed by atoms with van der Waals surface area (Å²) >= 11 is 2.24. The minimum atomic E-state index is 0.476. The molecule has 0 aliphatic heterocycles. The van der Waals surface area contributed by atoms with Crippen LogP contribution >= 0.6 is 0 Å². The number of unbranched alkanes of at least 4 members (excludes halogenated alkanes) is 3. The molecular formula is C12H25LiO2. The molecule has 0 aliphatic rings. The summed E-state index contributed by atoms with van der Waals surface area (Å²) in [5, 5.41) is 0. The molecule has 0 spiro atoms. The topological polar surface area (TPSA) is 18.5 Å². The molecule has 0 aromatic carbocycles. The van der Waals surface area contributed by atoms with Gasteiger partial charge in [-0.05, 0) is 0 Å². The molecule has 0 rings (SSSR count). The summed E-state index contributed by atoms with van der Waals surface area (Å²) in [4.78, 5) is 0. The van der Waals surface area contributed by atoms with Crippen molar-refractivity contribution in [2.75, 3.05) is 20.0 Å². The maximum atomic E-state index is 5.37. The number of ether oxygens (including phenoxy) is 2. The van der Waals surface area contributed by atoms with Gasteiger partial charge in [0.2, 0.25) is 0 Å². The maximum absolute atomic E-state index is 5.37. The second-order valence-corrected chi connectivity index (χ2v) is 4.53. The normalized spacial score (nSPS) is 13.1. The van der Waals surface area contributed by atoms with Crippen LogP contribution in [-0.4, -0.2) is 37.7 Å². The van der Waals surface area contributed by atoms with Crippen LogP contribution in [0.4, 0.5) is 0 Å². The van der Waals surface area contributed by atoms with E-state index in [1.807, 2.05) is 0 Å². The van der Waals surface area contributed by atoms with Crippen molar-refractivity contribution in [3.63, 3.8) is 0 Å². The number of rotatable bonds is 11. The van der Waals surface area contributed by atoms with Crippen molar-refractivity contribution >= 4 is 17.7 Å². The first-order chi connectivity index (χ1) is 7.27. The van der Waals surface area contributed by atoms with Crippen molar-refractivity contribution in [2.24, 2.45) is 0 Å². The van der Waals surface area contributed by atoms with Gasteiger partial charge in [-0.2, -0.15) is 0 Å². The predicted octanol–water partition coefficient (Wildman–Crippen LogP) is 3.31. The van der Waals surface area contributed by atoms with E-state index in [4.69, 9.17) is 9.47 Å². The fourth-order valence-electron chi connectivity index (χ4n) is 1.40. The van der Waals surface area contributed by atoms with E-state index in [1.165, 1.54) is 32.1 Å². The quantitative estimate of drug-likeness (QED) is 0.294. The molecule has 0 amide bonds. The molecule has 3 heteroatoms. The zero-order valence-corrected chi connectivity index (χ0v) is 10.8. The number of hydrogen-bond acceptors (Lipinski definition) is 2. The van der Waals surface area contributed by atoms with Crippen molar-refractivity contribution in [3.05, 3.63) is 0 Å². The van der Waals surface area contributed by atoms with Crippen LogP contribution in [0.3, 0.4) is 0 Å². The molecular weight excluding hydrogens is 183 g/mol. The summed E-state index contributed by atoms with van der Waals surface area (Å²) in [6, 6.07) is 0. The van der Waals surface area contributed by atoms with Crippen LogP contribution < -0.4 is 0 Å². The third-order valence-corrected chi connectivity index (χ3v) is 2.38. The Morgan fingerprint density at radius 1 is 1.00 bits per heavy atom. The van der Waals surface area contributed by atoms with E-state index in [1.54, 1.807) is 0 Å². The monoisotopic (exact) mass is 208 g/mol. The Bertz CT molecular complexity index is 118. The molecule has 0 aromatic heterocycles. The molecule has 0 aliphatic carbocycles. The molecule has 15 heavy (non-hydrogen) atoms. The van der Waals surface area contributed by atoms with Crippen LogP contribution in [0, 0.1) is 0 Å². The van der Waals surface area contributed by atoms with Gasteiger partial charge in [0.15, 0.2) is 0 Å². The Balaban J connectivity index is 2.87. The number of hydrogen-bond donors (Lipinski definition) is 0. The smallest absolute Gasteiger partial charge is 0.0654 e. The third-order valence-electron chi connectivity index (χ3n) is 2.38. The Morgan fingerprint density at radius 3 is 2.27 bits per heavy atom. The molecule has 0 heterocycles. The predicted molar refractivity (Wildman–Crippen MR) is 65.3 cm³/mol. The molecule has 1 unspecified atom stereocenters. The molecule has 0 N–H and O–H groups in total. The molecule has 0 radical (unpaired) electrons. The van der Waals surface area contributed by atoms with Gasteiger partial charge in [0, 0.05) is 0 Å². The van der Waals surface area contributed by atoms with Gasteiger partial charge in [-0.15, -0.1) is 0 Å². The molecule has 86 valence electrons. The van der Waals surface area contributed by atoms with Gasteiger partial charge in [0.1, 0.15) is 0 Å². The average molecular weight is 208 g/mol. The van der Waals surface area contributed by atoms with Gasteiger partial charge in [0.05, 0.1) is 0 Å².